The molecule has 2 aromatic carbocycles. The van der Waals surface area contributed by atoms with Gasteiger partial charge in [0, 0.05) is 24.5 Å². The fourth-order valence-electron chi connectivity index (χ4n) is 3.60. The molecule has 1 saturated heterocycles. The van der Waals surface area contributed by atoms with E-state index in [1.54, 1.807) is 25.1 Å². The second-order valence-corrected chi connectivity index (χ2v) is 7.49. The van der Waals surface area contributed by atoms with Crippen LogP contribution in [0.15, 0.2) is 42.5 Å². The Morgan fingerprint density at radius 3 is 2.40 bits per heavy atom. The lowest BCUT2D eigenvalue weighted by Gasteiger charge is -2.28. The van der Waals surface area contributed by atoms with Gasteiger partial charge < -0.3 is 24.4 Å². The summed E-state index contributed by atoms with van der Waals surface area (Å²) in [5, 5.41) is 2.80. The van der Waals surface area contributed by atoms with Crippen molar-refractivity contribution in [1.29, 1.82) is 0 Å². The van der Waals surface area contributed by atoms with E-state index in [1.165, 1.54) is 19.3 Å². The molecular weight excluding hydrogens is 384 g/mol. The van der Waals surface area contributed by atoms with Crippen molar-refractivity contribution in [3.63, 3.8) is 0 Å². The van der Waals surface area contributed by atoms with Gasteiger partial charge in [-0.1, -0.05) is 0 Å². The number of hydrogen-bond acceptors (Lipinski definition) is 6. The number of ether oxygens (including phenoxy) is 3. The SMILES string of the molecule is C[C@H](OC(=O)c1ccc2c(c1)OCCO2)C(=O)Nc1ccc(N2CCCCC2)cc1. The van der Waals surface area contributed by atoms with Gasteiger partial charge in [0.2, 0.25) is 0 Å². The minimum absolute atomic E-state index is 0.310. The zero-order valence-corrected chi connectivity index (χ0v) is 17.1. The average Bonchev–Trinajstić information content (AvgIpc) is 2.79. The van der Waals surface area contributed by atoms with Crippen LogP contribution in [0.4, 0.5) is 11.4 Å². The molecule has 0 bridgehead atoms. The number of nitrogens with zero attached hydrogens (tertiary/aromatic N) is 1. The summed E-state index contributed by atoms with van der Waals surface area (Å²) in [7, 11) is 0. The highest BCUT2D eigenvalue weighted by Gasteiger charge is 2.21. The third-order valence-electron chi connectivity index (χ3n) is 5.29. The highest BCUT2D eigenvalue weighted by Crippen LogP contribution is 2.31. The molecule has 0 radical (unpaired) electrons. The molecule has 158 valence electrons. The Morgan fingerprint density at radius 1 is 0.967 bits per heavy atom. The number of hydrogen-bond donors (Lipinski definition) is 1. The van der Waals surface area contributed by atoms with Crippen molar-refractivity contribution in [1.82, 2.24) is 0 Å². The molecule has 2 aliphatic heterocycles. The summed E-state index contributed by atoms with van der Waals surface area (Å²) in [5.74, 6) is 0.125. The molecule has 4 rings (SSSR count). The number of rotatable bonds is 5. The maximum absolute atomic E-state index is 12.5. The Hall–Kier alpha value is -3.22. The second kappa shape index (κ2) is 9.07. The molecule has 0 aromatic heterocycles. The summed E-state index contributed by atoms with van der Waals surface area (Å²) in [5.41, 5.74) is 2.14. The predicted molar refractivity (Wildman–Crippen MR) is 113 cm³/mol. The molecule has 7 nitrogen and oxygen atoms in total. The third-order valence-corrected chi connectivity index (χ3v) is 5.29. The monoisotopic (exact) mass is 410 g/mol. The van der Waals surface area contributed by atoms with Gasteiger partial charge in [-0.15, -0.1) is 0 Å². The Kier molecular flexibility index (Phi) is 6.07. The molecule has 1 N–H and O–H groups in total. The number of esters is 1. The average molecular weight is 410 g/mol. The summed E-state index contributed by atoms with van der Waals surface area (Å²) >= 11 is 0. The maximum Gasteiger partial charge on any atom is 0.339 e. The van der Waals surface area contributed by atoms with Gasteiger partial charge in [0.25, 0.3) is 5.91 Å². The number of fused-ring (bicyclic) bond motifs is 1. The van der Waals surface area contributed by atoms with Crippen molar-refractivity contribution >= 4 is 23.3 Å². The van der Waals surface area contributed by atoms with Crippen molar-refractivity contribution in [3.05, 3.63) is 48.0 Å². The van der Waals surface area contributed by atoms with Crippen molar-refractivity contribution < 1.29 is 23.8 Å². The van der Waals surface area contributed by atoms with E-state index in [9.17, 15) is 9.59 Å². The number of benzene rings is 2. The molecule has 2 aromatic rings. The quantitative estimate of drug-likeness (QED) is 0.759. The van der Waals surface area contributed by atoms with Crippen LogP contribution in [0, 0.1) is 0 Å². The Bertz CT molecular complexity index is 906. The standard InChI is InChI=1S/C23H26N2O5/c1-16(30-23(27)17-5-10-20-21(15-17)29-14-13-28-20)22(26)24-18-6-8-19(9-7-18)25-11-3-2-4-12-25/h5-10,15-16H,2-4,11-14H2,1H3,(H,24,26)/t16-/m0/s1. The van der Waals surface area contributed by atoms with Crippen LogP contribution in [0.25, 0.3) is 0 Å². The van der Waals surface area contributed by atoms with Crippen LogP contribution in [0.1, 0.15) is 36.5 Å². The van der Waals surface area contributed by atoms with E-state index in [2.05, 4.69) is 10.2 Å². The number of nitrogens with one attached hydrogen (secondary N) is 1. The summed E-state index contributed by atoms with van der Waals surface area (Å²) in [6.07, 6.45) is 2.77. The normalized spacial score (nSPS) is 16.5. The van der Waals surface area contributed by atoms with Crippen LogP contribution >= 0.6 is 0 Å². The van der Waals surface area contributed by atoms with Crippen molar-refractivity contribution in [2.24, 2.45) is 0 Å². The maximum atomic E-state index is 12.5. The van der Waals surface area contributed by atoms with Crippen LogP contribution in [-0.4, -0.2) is 44.3 Å². The third kappa shape index (κ3) is 4.67. The summed E-state index contributed by atoms with van der Waals surface area (Å²) < 4.78 is 16.3. The molecule has 0 spiro atoms. The van der Waals surface area contributed by atoms with Crippen LogP contribution in [0.2, 0.25) is 0 Å². The first-order valence-electron chi connectivity index (χ1n) is 10.4. The first kappa shape index (κ1) is 20.1. The zero-order valence-electron chi connectivity index (χ0n) is 17.1. The Labute approximate surface area is 175 Å². The van der Waals surface area contributed by atoms with Gasteiger partial charge in [-0.3, -0.25) is 4.79 Å². The number of anilines is 2. The van der Waals surface area contributed by atoms with Gasteiger partial charge in [0.1, 0.15) is 13.2 Å². The van der Waals surface area contributed by atoms with Crippen LogP contribution < -0.4 is 19.7 Å². The smallest absolute Gasteiger partial charge is 0.339 e. The Morgan fingerprint density at radius 2 is 1.67 bits per heavy atom. The molecule has 2 heterocycles. The fourth-order valence-corrected chi connectivity index (χ4v) is 3.60. The lowest BCUT2D eigenvalue weighted by atomic mass is 10.1. The van der Waals surface area contributed by atoms with Gasteiger partial charge in [-0.2, -0.15) is 0 Å². The fraction of sp³-hybridized carbons (Fsp3) is 0.391. The van der Waals surface area contributed by atoms with Gasteiger partial charge in [0.15, 0.2) is 17.6 Å². The lowest BCUT2D eigenvalue weighted by molar-refractivity contribution is -0.123. The van der Waals surface area contributed by atoms with E-state index >= 15 is 0 Å². The molecule has 2 aliphatic rings. The first-order valence-corrected chi connectivity index (χ1v) is 10.4. The highest BCUT2D eigenvalue weighted by atomic mass is 16.6. The molecule has 30 heavy (non-hydrogen) atoms. The number of carbonyl (C=O) groups excluding carboxylic acids is 2. The molecule has 0 unspecified atom stereocenters. The van der Waals surface area contributed by atoms with E-state index in [-0.39, 0.29) is 5.91 Å². The lowest BCUT2D eigenvalue weighted by Crippen LogP contribution is -2.30. The number of piperidine rings is 1. The van der Waals surface area contributed by atoms with Crippen molar-refractivity contribution in [3.8, 4) is 11.5 Å². The summed E-state index contributed by atoms with van der Waals surface area (Å²) in [6, 6.07) is 12.6. The van der Waals surface area contributed by atoms with Crippen LogP contribution in [0.3, 0.4) is 0 Å². The predicted octanol–water partition coefficient (Wildman–Crippen LogP) is 3.63. The van der Waals surface area contributed by atoms with Crippen LogP contribution in [0.5, 0.6) is 11.5 Å². The van der Waals surface area contributed by atoms with Crippen molar-refractivity contribution in [2.75, 3.05) is 36.5 Å². The van der Waals surface area contributed by atoms with E-state index in [1.807, 2.05) is 24.3 Å². The van der Waals surface area contributed by atoms with E-state index in [0.29, 0.717) is 36.0 Å². The molecular formula is C23H26N2O5. The highest BCUT2D eigenvalue weighted by molar-refractivity contribution is 5.97. The minimum Gasteiger partial charge on any atom is -0.486 e. The van der Waals surface area contributed by atoms with Gasteiger partial charge in [0.05, 0.1) is 5.56 Å². The summed E-state index contributed by atoms with van der Waals surface area (Å²) in [4.78, 5) is 27.2. The summed E-state index contributed by atoms with van der Waals surface area (Å²) in [6.45, 7) is 4.60. The molecule has 1 atom stereocenters. The largest absolute Gasteiger partial charge is 0.486 e. The molecule has 1 fully saturated rings. The van der Waals surface area contributed by atoms with Gasteiger partial charge in [-0.25, -0.2) is 4.79 Å². The Balaban J connectivity index is 1.32. The molecule has 1 amide bonds. The molecule has 0 aliphatic carbocycles. The van der Waals surface area contributed by atoms with E-state index in [4.69, 9.17) is 14.2 Å². The number of amides is 1. The van der Waals surface area contributed by atoms with E-state index in [0.717, 1.165) is 18.8 Å². The molecule has 0 saturated carbocycles. The minimum atomic E-state index is -0.938. The second-order valence-electron chi connectivity index (χ2n) is 7.49. The van der Waals surface area contributed by atoms with E-state index < -0.39 is 12.1 Å². The topological polar surface area (TPSA) is 77.1 Å². The van der Waals surface area contributed by atoms with Gasteiger partial charge in [-0.05, 0) is 68.7 Å². The zero-order chi connectivity index (χ0) is 20.9. The molecule has 7 heteroatoms. The van der Waals surface area contributed by atoms with Crippen molar-refractivity contribution in [2.45, 2.75) is 32.3 Å². The first-order chi connectivity index (χ1) is 14.6. The van der Waals surface area contributed by atoms with Crippen LogP contribution in [-0.2, 0) is 9.53 Å². The number of carbonyl (C=O) groups is 2. The van der Waals surface area contributed by atoms with Gasteiger partial charge >= 0.3 is 5.97 Å².